The van der Waals surface area contributed by atoms with Crippen molar-refractivity contribution in [1.29, 1.82) is 0 Å². The van der Waals surface area contributed by atoms with E-state index in [1.807, 2.05) is 31.0 Å². The maximum absolute atomic E-state index is 13.5. The molecule has 3 aromatic rings. The zero-order valence-corrected chi connectivity index (χ0v) is 21.8. The van der Waals surface area contributed by atoms with Gasteiger partial charge < -0.3 is 4.74 Å². The second-order valence-electron chi connectivity index (χ2n) is 8.82. The second-order valence-corrected chi connectivity index (χ2v) is 10.1. The number of fused-ring (bicyclic) bond motifs is 3. The van der Waals surface area contributed by atoms with Crippen molar-refractivity contribution in [3.63, 3.8) is 0 Å². The van der Waals surface area contributed by atoms with Crippen LogP contribution in [0.5, 0.6) is 5.75 Å². The van der Waals surface area contributed by atoms with Crippen LogP contribution in [0.4, 0.5) is 0 Å². The van der Waals surface area contributed by atoms with Gasteiger partial charge in [-0.1, -0.05) is 41.2 Å². The Morgan fingerprint density at radius 3 is 2.41 bits per heavy atom. The van der Waals surface area contributed by atoms with E-state index in [9.17, 15) is 4.79 Å². The topological polar surface area (TPSA) is 59.4 Å². The standard InChI is InChI=1S/C24H23Cl3N4O2.ClH/c1-24(2)20-21(23(32)29-30-10-4-3-5-11-30)28-31(18-8-6-15(26)13-17(18)27)22(20)16-12-14(25)7-9-19(16)33-24;/h6-9,12-13H,3-5,10-11H2,1-2H3,(H,29,32);1H. The summed E-state index contributed by atoms with van der Waals surface area (Å²) in [6.07, 6.45) is 3.27. The Morgan fingerprint density at radius 2 is 1.71 bits per heavy atom. The van der Waals surface area contributed by atoms with Gasteiger partial charge in [0.25, 0.3) is 5.91 Å². The van der Waals surface area contributed by atoms with Gasteiger partial charge in [0.2, 0.25) is 0 Å². The lowest BCUT2D eigenvalue weighted by Gasteiger charge is -2.34. The zero-order valence-electron chi connectivity index (χ0n) is 18.7. The third-order valence-corrected chi connectivity index (χ3v) is 6.79. The van der Waals surface area contributed by atoms with E-state index in [-0.39, 0.29) is 24.0 Å². The summed E-state index contributed by atoms with van der Waals surface area (Å²) in [7, 11) is 0. The number of benzene rings is 2. The maximum Gasteiger partial charge on any atom is 0.286 e. The van der Waals surface area contributed by atoms with E-state index in [0.29, 0.717) is 32.1 Å². The van der Waals surface area contributed by atoms with Crippen molar-refractivity contribution in [1.82, 2.24) is 20.2 Å². The molecule has 180 valence electrons. The molecule has 1 amide bonds. The molecule has 3 heterocycles. The van der Waals surface area contributed by atoms with Gasteiger partial charge >= 0.3 is 0 Å². The largest absolute Gasteiger partial charge is 0.482 e. The zero-order chi connectivity index (χ0) is 23.3. The van der Waals surface area contributed by atoms with Crippen LogP contribution >= 0.6 is 47.2 Å². The molecule has 1 saturated heterocycles. The molecule has 1 N–H and O–H groups in total. The molecule has 0 radical (unpaired) electrons. The van der Waals surface area contributed by atoms with Crippen LogP contribution < -0.4 is 10.2 Å². The molecule has 0 aliphatic carbocycles. The number of nitrogens with zero attached hydrogens (tertiary/aromatic N) is 3. The van der Waals surface area contributed by atoms with Gasteiger partial charge in [-0.25, -0.2) is 9.69 Å². The fourth-order valence-corrected chi connectivity index (χ4v) is 5.19. The van der Waals surface area contributed by atoms with Gasteiger partial charge in [0.05, 0.1) is 22.0 Å². The van der Waals surface area contributed by atoms with Gasteiger partial charge in [-0.3, -0.25) is 10.2 Å². The predicted octanol–water partition coefficient (Wildman–Crippen LogP) is 6.68. The quantitative estimate of drug-likeness (QED) is 0.401. The molecule has 34 heavy (non-hydrogen) atoms. The normalized spacial score (nSPS) is 16.6. The highest BCUT2D eigenvalue weighted by atomic mass is 35.5. The Labute approximate surface area is 219 Å². The van der Waals surface area contributed by atoms with E-state index in [1.165, 1.54) is 6.42 Å². The van der Waals surface area contributed by atoms with Crippen molar-refractivity contribution in [2.75, 3.05) is 13.1 Å². The Hall–Kier alpha value is -1.96. The van der Waals surface area contributed by atoms with Crippen LogP contribution in [0.3, 0.4) is 0 Å². The number of nitrogens with one attached hydrogen (secondary N) is 1. The molecule has 0 bridgehead atoms. The average Bonchev–Trinajstić information content (AvgIpc) is 3.17. The molecule has 0 saturated carbocycles. The van der Waals surface area contributed by atoms with Crippen LogP contribution in [0, 0.1) is 0 Å². The first-order valence-electron chi connectivity index (χ1n) is 10.9. The number of hydrogen-bond acceptors (Lipinski definition) is 4. The van der Waals surface area contributed by atoms with Crippen molar-refractivity contribution in [3.8, 4) is 22.7 Å². The summed E-state index contributed by atoms with van der Waals surface area (Å²) in [5.74, 6) is 0.380. The number of carbonyl (C=O) groups excluding carboxylic acids is 1. The molecule has 0 atom stereocenters. The van der Waals surface area contributed by atoms with Crippen molar-refractivity contribution in [2.24, 2.45) is 0 Å². The van der Waals surface area contributed by atoms with E-state index < -0.39 is 5.60 Å². The van der Waals surface area contributed by atoms with E-state index in [4.69, 9.17) is 44.6 Å². The van der Waals surface area contributed by atoms with Gasteiger partial charge in [0.1, 0.15) is 11.4 Å². The van der Waals surface area contributed by atoms with E-state index in [0.717, 1.165) is 37.2 Å². The van der Waals surface area contributed by atoms with Gasteiger partial charge in [-0.2, -0.15) is 5.10 Å². The fourth-order valence-electron chi connectivity index (χ4n) is 4.53. The fraction of sp³-hybridized carbons (Fsp3) is 0.333. The third kappa shape index (κ3) is 4.50. The SMILES string of the molecule is CC1(C)Oc2ccc(Cl)cc2-c2c1c(C(=O)NN1CCCCC1)nn2-c1ccc(Cl)cc1Cl.Cl. The van der Waals surface area contributed by atoms with E-state index >= 15 is 0 Å². The van der Waals surface area contributed by atoms with E-state index in [2.05, 4.69) is 5.43 Å². The number of amides is 1. The first-order valence-corrected chi connectivity index (χ1v) is 12.0. The summed E-state index contributed by atoms with van der Waals surface area (Å²) >= 11 is 19.1. The first-order chi connectivity index (χ1) is 15.7. The molecule has 2 aromatic carbocycles. The van der Waals surface area contributed by atoms with Gasteiger partial charge in [-0.15, -0.1) is 12.4 Å². The van der Waals surface area contributed by atoms with Crippen molar-refractivity contribution in [2.45, 2.75) is 38.7 Å². The number of ether oxygens (including phenoxy) is 1. The second kappa shape index (κ2) is 9.59. The highest BCUT2D eigenvalue weighted by molar-refractivity contribution is 6.35. The minimum Gasteiger partial charge on any atom is -0.482 e. The van der Waals surface area contributed by atoms with Gasteiger partial charge in [-0.05, 0) is 63.1 Å². The van der Waals surface area contributed by atoms with Crippen molar-refractivity contribution in [3.05, 3.63) is 62.7 Å². The summed E-state index contributed by atoms with van der Waals surface area (Å²) in [6.45, 7) is 5.49. The summed E-state index contributed by atoms with van der Waals surface area (Å²) in [5.41, 5.74) is 5.25. The smallest absolute Gasteiger partial charge is 0.286 e. The first kappa shape index (κ1) is 25.1. The van der Waals surface area contributed by atoms with Crippen LogP contribution in [0.2, 0.25) is 15.1 Å². The molecular formula is C24H24Cl4N4O2. The molecule has 0 spiro atoms. The number of piperidine rings is 1. The lowest BCUT2D eigenvalue weighted by molar-refractivity contribution is 0.0720. The lowest BCUT2D eigenvalue weighted by atomic mass is 9.89. The van der Waals surface area contributed by atoms with Crippen LogP contribution in [0.15, 0.2) is 36.4 Å². The number of aromatic nitrogens is 2. The van der Waals surface area contributed by atoms with Gasteiger partial charge in [0.15, 0.2) is 5.69 Å². The Morgan fingerprint density at radius 1 is 1.03 bits per heavy atom. The summed E-state index contributed by atoms with van der Waals surface area (Å²) in [6, 6.07) is 10.6. The monoisotopic (exact) mass is 540 g/mol. The molecule has 2 aliphatic rings. The number of hydrogen-bond donors (Lipinski definition) is 1. The average molecular weight is 542 g/mol. The predicted molar refractivity (Wildman–Crippen MR) is 138 cm³/mol. The summed E-state index contributed by atoms with van der Waals surface area (Å²) in [4.78, 5) is 13.5. The van der Waals surface area contributed by atoms with Crippen LogP contribution in [-0.4, -0.2) is 33.8 Å². The van der Waals surface area contributed by atoms with Crippen LogP contribution in [-0.2, 0) is 5.60 Å². The Balaban J connectivity index is 0.00000274. The summed E-state index contributed by atoms with van der Waals surface area (Å²) in [5, 5.41) is 8.21. The minimum absolute atomic E-state index is 0. The van der Waals surface area contributed by atoms with Gasteiger partial charge in [0, 0.05) is 28.7 Å². The minimum atomic E-state index is -0.818. The third-order valence-electron chi connectivity index (χ3n) is 6.02. The molecule has 2 aliphatic heterocycles. The molecule has 0 unspecified atom stereocenters. The molecular weight excluding hydrogens is 518 g/mol. The molecule has 10 heteroatoms. The summed E-state index contributed by atoms with van der Waals surface area (Å²) < 4.78 is 8.01. The van der Waals surface area contributed by atoms with Crippen LogP contribution in [0.25, 0.3) is 16.9 Å². The van der Waals surface area contributed by atoms with Crippen LogP contribution in [0.1, 0.15) is 49.2 Å². The van der Waals surface area contributed by atoms with Crippen molar-refractivity contribution >= 4 is 53.1 Å². The highest BCUT2D eigenvalue weighted by Crippen LogP contribution is 2.48. The highest BCUT2D eigenvalue weighted by Gasteiger charge is 2.41. The Bertz CT molecular complexity index is 1250. The van der Waals surface area contributed by atoms with Crippen molar-refractivity contribution < 1.29 is 9.53 Å². The number of halogens is 4. The lowest BCUT2D eigenvalue weighted by Crippen LogP contribution is -2.46. The molecule has 1 fully saturated rings. The number of rotatable bonds is 3. The Kier molecular flexibility index (Phi) is 7.09. The maximum atomic E-state index is 13.5. The number of carbonyl (C=O) groups is 1. The number of hydrazine groups is 1. The molecule has 6 nitrogen and oxygen atoms in total. The van der Waals surface area contributed by atoms with E-state index in [1.54, 1.807) is 28.9 Å². The molecule has 5 rings (SSSR count). The molecule has 1 aromatic heterocycles.